The number of nitrogens with zero attached hydrogens (tertiary/aromatic N) is 1. The molecule has 0 spiro atoms. The van der Waals surface area contributed by atoms with Crippen molar-refractivity contribution in [1.82, 2.24) is 9.97 Å². The van der Waals surface area contributed by atoms with Crippen molar-refractivity contribution in [3.05, 3.63) is 46.9 Å². The molecular weight excluding hydrogens is 236 g/mol. The number of aromatic amines is 1. The van der Waals surface area contributed by atoms with Crippen LogP contribution in [-0.2, 0) is 5.75 Å². The van der Waals surface area contributed by atoms with E-state index in [1.807, 2.05) is 30.5 Å². The van der Waals surface area contributed by atoms with Crippen LogP contribution in [-0.4, -0.2) is 16.2 Å². The van der Waals surface area contributed by atoms with Gasteiger partial charge in [0.1, 0.15) is 10.5 Å². The molecule has 0 fully saturated rings. The highest BCUT2D eigenvalue weighted by atomic mass is 32.2. The quantitative estimate of drug-likeness (QED) is 0.840. The van der Waals surface area contributed by atoms with E-state index in [2.05, 4.69) is 22.1 Å². The molecule has 0 amide bonds. The van der Waals surface area contributed by atoms with Crippen LogP contribution in [0.15, 0.2) is 36.4 Å². The molecule has 2 nitrogen and oxygen atoms in total. The molecule has 0 aliphatic heterocycles. The first kappa shape index (κ1) is 11.4. The predicted octanol–water partition coefficient (Wildman–Crippen LogP) is 3.67. The lowest BCUT2D eigenvalue weighted by molar-refractivity contribution is 1.03. The van der Waals surface area contributed by atoms with Gasteiger partial charge in [-0.15, -0.1) is 0 Å². The lowest BCUT2D eigenvalue weighted by Crippen LogP contribution is -1.95. The molecule has 1 N–H and O–H groups in total. The fraction of sp³-hybridized carbons (Fsp3) is 0.167. The second-order valence-electron chi connectivity index (χ2n) is 3.38. The van der Waals surface area contributed by atoms with E-state index < -0.39 is 0 Å². The lowest BCUT2D eigenvalue weighted by Gasteiger charge is -2.04. The molecule has 0 atom stereocenters. The van der Waals surface area contributed by atoms with Gasteiger partial charge in [0.25, 0.3) is 0 Å². The first-order chi connectivity index (χ1) is 7.79. The molecule has 2 aromatic rings. The summed E-state index contributed by atoms with van der Waals surface area (Å²) >= 11 is 6.89. The van der Waals surface area contributed by atoms with E-state index in [1.165, 1.54) is 0 Å². The van der Waals surface area contributed by atoms with Crippen LogP contribution in [0.4, 0.5) is 0 Å². The Morgan fingerprint density at radius 3 is 2.75 bits per heavy atom. The van der Waals surface area contributed by atoms with E-state index in [9.17, 15) is 0 Å². The van der Waals surface area contributed by atoms with Crippen LogP contribution in [0.5, 0.6) is 0 Å². The van der Waals surface area contributed by atoms with Gasteiger partial charge in [-0.25, -0.2) is 4.98 Å². The molecule has 1 heterocycles. The molecule has 16 heavy (non-hydrogen) atoms. The second kappa shape index (κ2) is 5.27. The second-order valence-corrected chi connectivity index (χ2v) is 4.66. The SMILES string of the molecule is CSCc1nc(=S)cc(-c2ccccc2)[nH]1. The molecule has 0 unspecified atom stereocenters. The van der Waals surface area contributed by atoms with Gasteiger partial charge >= 0.3 is 0 Å². The molecule has 0 bridgehead atoms. The van der Waals surface area contributed by atoms with Crippen molar-refractivity contribution in [1.29, 1.82) is 0 Å². The van der Waals surface area contributed by atoms with Gasteiger partial charge in [0.15, 0.2) is 0 Å². The highest BCUT2D eigenvalue weighted by molar-refractivity contribution is 7.97. The van der Waals surface area contributed by atoms with Crippen molar-refractivity contribution in [3.8, 4) is 11.3 Å². The lowest BCUT2D eigenvalue weighted by atomic mass is 10.1. The normalized spacial score (nSPS) is 10.3. The number of H-pyrrole nitrogens is 1. The topological polar surface area (TPSA) is 28.7 Å². The molecule has 0 aliphatic rings. The average Bonchev–Trinajstić information content (AvgIpc) is 2.30. The number of thioether (sulfide) groups is 1. The minimum atomic E-state index is 0.640. The highest BCUT2D eigenvalue weighted by Gasteiger charge is 2.00. The van der Waals surface area contributed by atoms with Crippen LogP contribution >= 0.6 is 24.0 Å². The third-order valence-electron chi connectivity index (χ3n) is 2.16. The van der Waals surface area contributed by atoms with Gasteiger partial charge in [0.05, 0.1) is 5.75 Å². The standard InChI is InChI=1S/C12H12N2S2/c1-16-8-11-13-10(7-12(15)14-11)9-5-3-2-4-6-9/h2-7H,8H2,1H3,(H,13,14,15). The van der Waals surface area contributed by atoms with Crippen LogP contribution in [0.1, 0.15) is 5.82 Å². The Morgan fingerprint density at radius 1 is 1.31 bits per heavy atom. The molecule has 1 aromatic heterocycles. The van der Waals surface area contributed by atoms with Crippen LogP contribution in [0, 0.1) is 4.64 Å². The van der Waals surface area contributed by atoms with Crippen LogP contribution in [0.3, 0.4) is 0 Å². The Morgan fingerprint density at radius 2 is 2.06 bits per heavy atom. The maximum atomic E-state index is 5.16. The average molecular weight is 248 g/mol. The largest absolute Gasteiger partial charge is 0.342 e. The van der Waals surface area contributed by atoms with Gasteiger partial charge in [0.2, 0.25) is 0 Å². The Balaban J connectivity index is 2.45. The summed E-state index contributed by atoms with van der Waals surface area (Å²) < 4.78 is 0.640. The van der Waals surface area contributed by atoms with Crippen molar-refractivity contribution in [2.24, 2.45) is 0 Å². The summed E-state index contributed by atoms with van der Waals surface area (Å²) in [4.78, 5) is 7.59. The Kier molecular flexibility index (Phi) is 3.74. The van der Waals surface area contributed by atoms with Gasteiger partial charge in [-0.05, 0) is 17.9 Å². The monoisotopic (exact) mass is 248 g/mol. The summed E-state index contributed by atoms with van der Waals surface area (Å²) in [5.74, 6) is 1.78. The van der Waals surface area contributed by atoms with Crippen molar-refractivity contribution in [3.63, 3.8) is 0 Å². The van der Waals surface area contributed by atoms with Gasteiger partial charge in [-0.1, -0.05) is 42.5 Å². The minimum Gasteiger partial charge on any atom is -0.342 e. The van der Waals surface area contributed by atoms with Gasteiger partial charge in [-0.2, -0.15) is 11.8 Å². The zero-order valence-corrected chi connectivity index (χ0v) is 10.6. The van der Waals surface area contributed by atoms with E-state index in [0.717, 1.165) is 22.8 Å². The van der Waals surface area contributed by atoms with Gasteiger partial charge < -0.3 is 4.98 Å². The van der Waals surface area contributed by atoms with E-state index in [0.29, 0.717) is 4.64 Å². The molecule has 0 aliphatic carbocycles. The molecule has 0 saturated carbocycles. The molecule has 82 valence electrons. The molecule has 1 aromatic carbocycles. The summed E-state index contributed by atoms with van der Waals surface area (Å²) in [6, 6.07) is 12.0. The fourth-order valence-corrected chi connectivity index (χ4v) is 2.12. The highest BCUT2D eigenvalue weighted by Crippen LogP contribution is 2.17. The summed E-state index contributed by atoms with van der Waals surface area (Å²) in [5, 5.41) is 0. The summed E-state index contributed by atoms with van der Waals surface area (Å²) in [7, 11) is 0. The summed E-state index contributed by atoms with van der Waals surface area (Å²) in [6.07, 6.45) is 2.05. The van der Waals surface area contributed by atoms with Crippen molar-refractivity contribution >= 4 is 24.0 Å². The maximum absolute atomic E-state index is 5.16. The summed E-state index contributed by atoms with van der Waals surface area (Å²) in [6.45, 7) is 0. The third kappa shape index (κ3) is 2.71. The summed E-state index contributed by atoms with van der Waals surface area (Å²) in [5.41, 5.74) is 2.17. The van der Waals surface area contributed by atoms with E-state index >= 15 is 0 Å². The zero-order chi connectivity index (χ0) is 11.4. The van der Waals surface area contributed by atoms with Crippen molar-refractivity contribution in [2.75, 3.05) is 6.26 Å². The van der Waals surface area contributed by atoms with Crippen molar-refractivity contribution < 1.29 is 0 Å². The van der Waals surface area contributed by atoms with Crippen LogP contribution in [0.2, 0.25) is 0 Å². The van der Waals surface area contributed by atoms with Gasteiger partial charge in [0, 0.05) is 5.69 Å². The van der Waals surface area contributed by atoms with Crippen LogP contribution in [0.25, 0.3) is 11.3 Å². The van der Waals surface area contributed by atoms with E-state index in [1.54, 1.807) is 11.8 Å². The molecule has 0 radical (unpaired) electrons. The fourth-order valence-electron chi connectivity index (χ4n) is 1.49. The third-order valence-corrected chi connectivity index (χ3v) is 2.93. The molecule has 0 saturated heterocycles. The smallest absolute Gasteiger partial charge is 0.130 e. The minimum absolute atomic E-state index is 0.640. The Bertz CT molecular complexity index is 520. The number of nitrogens with one attached hydrogen (secondary N) is 1. The van der Waals surface area contributed by atoms with Crippen LogP contribution < -0.4 is 0 Å². The number of aromatic nitrogens is 2. The Labute approximate surface area is 104 Å². The first-order valence-corrected chi connectivity index (χ1v) is 6.74. The number of benzene rings is 1. The van der Waals surface area contributed by atoms with Crippen molar-refractivity contribution in [2.45, 2.75) is 5.75 Å². The van der Waals surface area contributed by atoms with E-state index in [4.69, 9.17) is 12.2 Å². The van der Waals surface area contributed by atoms with E-state index in [-0.39, 0.29) is 0 Å². The number of hydrogen-bond acceptors (Lipinski definition) is 3. The molecule has 2 rings (SSSR count). The zero-order valence-electron chi connectivity index (χ0n) is 8.93. The molecule has 4 heteroatoms. The van der Waals surface area contributed by atoms with Gasteiger partial charge in [-0.3, -0.25) is 0 Å². The first-order valence-electron chi connectivity index (χ1n) is 4.94. The number of hydrogen-bond donors (Lipinski definition) is 1. The Hall–Kier alpha value is -1.13. The number of rotatable bonds is 3. The molecular formula is C12H12N2S2. The maximum Gasteiger partial charge on any atom is 0.130 e. The predicted molar refractivity (Wildman–Crippen MR) is 72.1 cm³/mol.